The predicted molar refractivity (Wildman–Crippen MR) is 71.4 cm³/mol. The third-order valence-electron chi connectivity index (χ3n) is 4.07. The zero-order valence-electron chi connectivity index (χ0n) is 10.9. The summed E-state index contributed by atoms with van der Waals surface area (Å²) in [7, 11) is 2.06. The first-order chi connectivity index (χ1) is 8.27. The zero-order chi connectivity index (χ0) is 12.1. The number of rotatable bonds is 7. The fourth-order valence-electron chi connectivity index (χ4n) is 2.50. The van der Waals surface area contributed by atoms with Crippen molar-refractivity contribution >= 4 is 0 Å². The van der Waals surface area contributed by atoms with Gasteiger partial charge in [-0.1, -0.05) is 18.2 Å². The normalized spacial score (nSPS) is 18.7. The SMILES string of the molecule is CNC(C)C1(CCCOc2ccccc2)CC1. The Morgan fingerprint density at radius 3 is 2.59 bits per heavy atom. The first-order valence-corrected chi connectivity index (χ1v) is 6.62. The monoisotopic (exact) mass is 233 g/mol. The Bertz CT molecular complexity index is 332. The van der Waals surface area contributed by atoms with Crippen LogP contribution in [0.15, 0.2) is 30.3 Å². The molecule has 2 rings (SSSR count). The highest BCUT2D eigenvalue weighted by molar-refractivity contribution is 5.20. The van der Waals surface area contributed by atoms with E-state index in [0.717, 1.165) is 18.8 Å². The Morgan fingerprint density at radius 2 is 2.00 bits per heavy atom. The molecule has 0 spiro atoms. The van der Waals surface area contributed by atoms with Crippen molar-refractivity contribution in [1.82, 2.24) is 5.32 Å². The third kappa shape index (κ3) is 3.22. The third-order valence-corrected chi connectivity index (χ3v) is 4.07. The summed E-state index contributed by atoms with van der Waals surface area (Å²) in [5.41, 5.74) is 0.564. The van der Waals surface area contributed by atoms with Crippen molar-refractivity contribution in [1.29, 1.82) is 0 Å². The lowest BCUT2D eigenvalue weighted by Gasteiger charge is -2.22. The van der Waals surface area contributed by atoms with Gasteiger partial charge >= 0.3 is 0 Å². The standard InChI is InChI=1S/C15H23NO/c1-13(16-2)15(10-11-15)9-6-12-17-14-7-4-3-5-8-14/h3-5,7-8,13,16H,6,9-12H2,1-2H3. The molecule has 0 bridgehead atoms. The molecule has 1 aliphatic rings. The first-order valence-electron chi connectivity index (χ1n) is 6.62. The fraction of sp³-hybridized carbons (Fsp3) is 0.600. The number of para-hydroxylation sites is 1. The maximum absolute atomic E-state index is 5.72. The van der Waals surface area contributed by atoms with Gasteiger partial charge in [0.1, 0.15) is 5.75 Å². The molecule has 1 atom stereocenters. The van der Waals surface area contributed by atoms with Gasteiger partial charge in [0.15, 0.2) is 0 Å². The second-order valence-corrected chi connectivity index (χ2v) is 5.14. The van der Waals surface area contributed by atoms with Gasteiger partial charge in [0.05, 0.1) is 6.61 Å². The molecule has 0 aromatic heterocycles. The zero-order valence-corrected chi connectivity index (χ0v) is 10.9. The molecule has 1 fully saturated rings. The van der Waals surface area contributed by atoms with Crippen molar-refractivity contribution < 1.29 is 4.74 Å². The van der Waals surface area contributed by atoms with Crippen LogP contribution in [0, 0.1) is 5.41 Å². The highest BCUT2D eigenvalue weighted by atomic mass is 16.5. The molecule has 94 valence electrons. The lowest BCUT2D eigenvalue weighted by molar-refractivity contribution is 0.267. The Morgan fingerprint density at radius 1 is 1.29 bits per heavy atom. The molecular formula is C15H23NO. The van der Waals surface area contributed by atoms with Gasteiger partial charge in [-0.2, -0.15) is 0 Å². The average Bonchev–Trinajstić information content (AvgIpc) is 3.16. The van der Waals surface area contributed by atoms with Gasteiger partial charge in [-0.25, -0.2) is 0 Å². The number of hydrogen-bond donors (Lipinski definition) is 1. The molecule has 2 heteroatoms. The van der Waals surface area contributed by atoms with E-state index in [0.29, 0.717) is 11.5 Å². The van der Waals surface area contributed by atoms with Gasteiger partial charge in [0, 0.05) is 6.04 Å². The molecule has 17 heavy (non-hydrogen) atoms. The second kappa shape index (κ2) is 5.54. The molecule has 0 aliphatic heterocycles. The van der Waals surface area contributed by atoms with E-state index in [1.807, 2.05) is 30.3 Å². The molecule has 0 amide bonds. The van der Waals surface area contributed by atoms with Gasteiger partial charge < -0.3 is 10.1 Å². The van der Waals surface area contributed by atoms with E-state index in [1.165, 1.54) is 19.3 Å². The summed E-state index contributed by atoms with van der Waals surface area (Å²) in [6, 6.07) is 10.7. The number of ether oxygens (including phenoxy) is 1. The molecular weight excluding hydrogens is 210 g/mol. The molecule has 1 unspecified atom stereocenters. The van der Waals surface area contributed by atoms with Crippen LogP contribution in [0.3, 0.4) is 0 Å². The summed E-state index contributed by atoms with van der Waals surface area (Å²) in [6.07, 6.45) is 5.18. The summed E-state index contributed by atoms with van der Waals surface area (Å²) < 4.78 is 5.72. The largest absolute Gasteiger partial charge is 0.494 e. The number of nitrogens with one attached hydrogen (secondary N) is 1. The summed E-state index contributed by atoms with van der Waals surface area (Å²) in [5, 5.41) is 3.39. The van der Waals surface area contributed by atoms with Gasteiger partial charge in [0.2, 0.25) is 0 Å². The van der Waals surface area contributed by atoms with Crippen LogP contribution in [0.2, 0.25) is 0 Å². The highest BCUT2D eigenvalue weighted by Crippen LogP contribution is 2.52. The molecule has 2 nitrogen and oxygen atoms in total. The van der Waals surface area contributed by atoms with Crippen molar-refractivity contribution in [3.8, 4) is 5.75 Å². The molecule has 1 aromatic carbocycles. The van der Waals surface area contributed by atoms with Gasteiger partial charge in [-0.05, 0) is 57.2 Å². The molecule has 1 N–H and O–H groups in total. The maximum Gasteiger partial charge on any atom is 0.119 e. The van der Waals surface area contributed by atoms with E-state index in [1.54, 1.807) is 0 Å². The second-order valence-electron chi connectivity index (χ2n) is 5.14. The fourth-order valence-corrected chi connectivity index (χ4v) is 2.50. The minimum Gasteiger partial charge on any atom is -0.494 e. The summed E-state index contributed by atoms with van der Waals surface area (Å²) in [5.74, 6) is 0.985. The minimum atomic E-state index is 0.564. The van der Waals surface area contributed by atoms with E-state index in [4.69, 9.17) is 4.74 Å². The predicted octanol–water partition coefficient (Wildman–Crippen LogP) is 3.23. The van der Waals surface area contributed by atoms with Gasteiger partial charge in [-0.15, -0.1) is 0 Å². The van der Waals surface area contributed by atoms with Crippen molar-refractivity contribution in [2.24, 2.45) is 5.41 Å². The van der Waals surface area contributed by atoms with Crippen LogP contribution in [-0.4, -0.2) is 19.7 Å². The van der Waals surface area contributed by atoms with Crippen molar-refractivity contribution in [2.45, 2.75) is 38.6 Å². The van der Waals surface area contributed by atoms with E-state index >= 15 is 0 Å². The Balaban J connectivity index is 1.67. The topological polar surface area (TPSA) is 21.3 Å². The van der Waals surface area contributed by atoms with Crippen LogP contribution in [-0.2, 0) is 0 Å². The average molecular weight is 233 g/mol. The summed E-state index contributed by atoms with van der Waals surface area (Å²) in [4.78, 5) is 0. The van der Waals surface area contributed by atoms with Crippen LogP contribution in [0.1, 0.15) is 32.6 Å². The molecule has 0 heterocycles. The van der Waals surface area contributed by atoms with Crippen LogP contribution in [0.5, 0.6) is 5.75 Å². The summed E-state index contributed by atoms with van der Waals surface area (Å²) >= 11 is 0. The molecule has 1 aliphatic carbocycles. The van der Waals surface area contributed by atoms with E-state index in [-0.39, 0.29) is 0 Å². The van der Waals surface area contributed by atoms with E-state index < -0.39 is 0 Å². The molecule has 0 radical (unpaired) electrons. The van der Waals surface area contributed by atoms with Crippen molar-refractivity contribution in [3.05, 3.63) is 30.3 Å². The Kier molecular flexibility index (Phi) is 4.06. The van der Waals surface area contributed by atoms with Crippen LogP contribution in [0.4, 0.5) is 0 Å². The number of benzene rings is 1. The van der Waals surface area contributed by atoms with Gasteiger partial charge in [0.25, 0.3) is 0 Å². The Hall–Kier alpha value is -1.02. The van der Waals surface area contributed by atoms with Crippen molar-refractivity contribution in [3.63, 3.8) is 0 Å². The lowest BCUT2D eigenvalue weighted by Crippen LogP contribution is -2.32. The lowest BCUT2D eigenvalue weighted by atomic mass is 9.92. The van der Waals surface area contributed by atoms with Crippen molar-refractivity contribution in [2.75, 3.05) is 13.7 Å². The highest BCUT2D eigenvalue weighted by Gasteiger charge is 2.45. The summed E-state index contributed by atoms with van der Waals surface area (Å²) in [6.45, 7) is 3.13. The number of hydrogen-bond acceptors (Lipinski definition) is 2. The minimum absolute atomic E-state index is 0.564. The smallest absolute Gasteiger partial charge is 0.119 e. The quantitative estimate of drug-likeness (QED) is 0.730. The maximum atomic E-state index is 5.72. The molecule has 0 saturated heterocycles. The first kappa shape index (κ1) is 12.4. The van der Waals surface area contributed by atoms with Crippen LogP contribution in [0.25, 0.3) is 0 Å². The van der Waals surface area contributed by atoms with Crippen LogP contribution >= 0.6 is 0 Å². The van der Waals surface area contributed by atoms with E-state index in [2.05, 4.69) is 19.3 Å². The molecule has 1 aromatic rings. The van der Waals surface area contributed by atoms with Crippen LogP contribution < -0.4 is 10.1 Å². The van der Waals surface area contributed by atoms with E-state index in [9.17, 15) is 0 Å². The van der Waals surface area contributed by atoms with Gasteiger partial charge in [-0.3, -0.25) is 0 Å². The molecule has 1 saturated carbocycles. The Labute approximate surface area is 104 Å².